The van der Waals surface area contributed by atoms with Gasteiger partial charge in [-0.2, -0.15) is 0 Å². The molecule has 5 aliphatic rings. The third kappa shape index (κ3) is 4.45. The number of carbonyl (C=O) groups is 2. The highest BCUT2D eigenvalue weighted by molar-refractivity contribution is 6.27. The van der Waals surface area contributed by atoms with Crippen molar-refractivity contribution in [2.45, 2.75) is 88.8 Å². The molecule has 0 unspecified atom stereocenters. The van der Waals surface area contributed by atoms with Gasteiger partial charge in [-0.1, -0.05) is 50.1 Å². The Kier molecular flexibility index (Phi) is 6.69. The van der Waals surface area contributed by atoms with E-state index in [4.69, 9.17) is 11.6 Å². The number of aromatic nitrogens is 1. The Hall–Kier alpha value is -2.79. The van der Waals surface area contributed by atoms with Gasteiger partial charge >= 0.3 is 0 Å². The first-order chi connectivity index (χ1) is 19.5. The van der Waals surface area contributed by atoms with Crippen LogP contribution in [0.2, 0.25) is 0 Å². The molecule has 40 heavy (non-hydrogen) atoms. The van der Waals surface area contributed by atoms with Crippen LogP contribution in [0.5, 0.6) is 0 Å². The highest BCUT2D eigenvalue weighted by Gasteiger charge is 2.51. The predicted octanol–water partition coefficient (Wildman–Crippen LogP) is 7.14. The molecule has 1 aromatic heterocycles. The van der Waals surface area contributed by atoms with E-state index < -0.39 is 0 Å². The SMILES string of the molecule is CCCC[C@H]1Cc2c([nH]c3ccccc23)[C@H](c2ccc(C(=O)NC34CC5CC(CC(C5)C3)C4)cc2)N1C(=O)CCl. The molecule has 3 aromatic rings. The number of H-pyrrole nitrogens is 1. The van der Waals surface area contributed by atoms with Crippen LogP contribution in [-0.4, -0.2) is 39.2 Å². The zero-order valence-electron chi connectivity index (χ0n) is 23.4. The van der Waals surface area contributed by atoms with Crippen LogP contribution in [0.15, 0.2) is 48.5 Å². The van der Waals surface area contributed by atoms with Gasteiger partial charge < -0.3 is 15.2 Å². The summed E-state index contributed by atoms with van der Waals surface area (Å²) in [4.78, 5) is 32.6. The van der Waals surface area contributed by atoms with E-state index >= 15 is 0 Å². The molecule has 2 N–H and O–H groups in total. The van der Waals surface area contributed by atoms with Crippen molar-refractivity contribution in [1.82, 2.24) is 15.2 Å². The molecule has 4 bridgehead atoms. The molecule has 0 radical (unpaired) electrons. The molecule has 4 aliphatic carbocycles. The Morgan fingerprint density at radius 1 is 1.00 bits per heavy atom. The molecule has 0 saturated heterocycles. The first-order valence-corrected chi connectivity index (χ1v) is 15.9. The highest BCUT2D eigenvalue weighted by Crippen LogP contribution is 2.55. The third-order valence-electron chi connectivity index (χ3n) is 10.4. The normalized spacial score (nSPS) is 30.4. The first kappa shape index (κ1) is 26.1. The van der Waals surface area contributed by atoms with Crippen LogP contribution in [0.3, 0.4) is 0 Å². The minimum atomic E-state index is -0.260. The summed E-state index contributed by atoms with van der Waals surface area (Å²) in [6.07, 6.45) is 11.4. The molecular formula is C34H40ClN3O2. The van der Waals surface area contributed by atoms with Crippen molar-refractivity contribution in [3.05, 3.63) is 70.9 Å². The Labute approximate surface area is 242 Å². The van der Waals surface area contributed by atoms with Crippen LogP contribution in [-0.2, 0) is 11.2 Å². The molecule has 0 spiro atoms. The summed E-state index contributed by atoms with van der Waals surface area (Å²) in [7, 11) is 0. The van der Waals surface area contributed by atoms with Gasteiger partial charge in [-0.3, -0.25) is 9.59 Å². The fraction of sp³-hybridized carbons (Fsp3) is 0.529. The number of para-hydroxylation sites is 1. The number of hydrogen-bond acceptors (Lipinski definition) is 2. The molecule has 2 heterocycles. The summed E-state index contributed by atoms with van der Waals surface area (Å²) in [5.74, 6) is 2.32. The summed E-state index contributed by atoms with van der Waals surface area (Å²) < 4.78 is 0. The van der Waals surface area contributed by atoms with Gasteiger partial charge in [0.05, 0.1) is 6.04 Å². The van der Waals surface area contributed by atoms with Crippen LogP contribution in [0.4, 0.5) is 0 Å². The average Bonchev–Trinajstić information content (AvgIpc) is 3.32. The lowest BCUT2D eigenvalue weighted by Gasteiger charge is -2.56. The van der Waals surface area contributed by atoms with Crippen LogP contribution < -0.4 is 5.32 Å². The second-order valence-electron chi connectivity index (χ2n) is 13.2. The number of nitrogens with zero attached hydrogens (tertiary/aromatic N) is 1. The Bertz CT molecular complexity index is 1390. The van der Waals surface area contributed by atoms with Crippen molar-refractivity contribution in [3.63, 3.8) is 0 Å². The Morgan fingerprint density at radius 2 is 1.68 bits per heavy atom. The van der Waals surface area contributed by atoms with E-state index in [1.807, 2.05) is 35.2 Å². The average molecular weight is 558 g/mol. The van der Waals surface area contributed by atoms with Crippen molar-refractivity contribution in [2.24, 2.45) is 17.8 Å². The van der Waals surface area contributed by atoms with Crippen LogP contribution >= 0.6 is 11.6 Å². The fourth-order valence-corrected chi connectivity index (χ4v) is 9.31. The Balaban J connectivity index is 1.21. The van der Waals surface area contributed by atoms with E-state index in [9.17, 15) is 9.59 Å². The molecule has 8 rings (SSSR count). The van der Waals surface area contributed by atoms with Crippen LogP contribution in [0.1, 0.15) is 97.9 Å². The monoisotopic (exact) mass is 557 g/mol. The van der Waals surface area contributed by atoms with E-state index in [0.29, 0.717) is 5.56 Å². The van der Waals surface area contributed by atoms with Crippen LogP contribution in [0.25, 0.3) is 10.9 Å². The zero-order valence-corrected chi connectivity index (χ0v) is 24.2. The Morgan fingerprint density at radius 3 is 2.33 bits per heavy atom. The molecule has 210 valence electrons. The molecule has 2 atom stereocenters. The second kappa shape index (κ2) is 10.2. The highest BCUT2D eigenvalue weighted by atomic mass is 35.5. The second-order valence-corrected chi connectivity index (χ2v) is 13.4. The molecule has 2 aromatic carbocycles. The number of aromatic amines is 1. The maximum absolute atomic E-state index is 13.5. The maximum Gasteiger partial charge on any atom is 0.251 e. The van der Waals surface area contributed by atoms with Crippen molar-refractivity contribution < 1.29 is 9.59 Å². The number of unbranched alkanes of at least 4 members (excludes halogenated alkanes) is 1. The van der Waals surface area contributed by atoms with Gasteiger partial charge in [-0.15, -0.1) is 11.6 Å². The summed E-state index contributed by atoms with van der Waals surface area (Å²) in [5, 5.41) is 4.74. The van der Waals surface area contributed by atoms with Gasteiger partial charge in [0, 0.05) is 33.7 Å². The standard InChI is InChI=1S/C34H40ClN3O2/c1-2-3-6-26-16-28-27-7-4-5-8-29(27)36-31(28)32(38(26)30(39)20-35)24-9-11-25(12-10-24)33(40)37-34-17-21-13-22(18-34)15-23(14-21)19-34/h4-5,7-12,21-23,26,32,36H,2-3,6,13-20H2,1H3,(H,37,40)/t21?,22?,23?,26-,32-,34?/m0/s1. The van der Waals surface area contributed by atoms with E-state index in [1.54, 1.807) is 0 Å². The number of fused-ring (bicyclic) bond motifs is 3. The number of halogens is 1. The summed E-state index contributed by atoms with van der Waals surface area (Å²) in [5.41, 5.74) is 5.16. The lowest BCUT2D eigenvalue weighted by Crippen LogP contribution is -2.59. The third-order valence-corrected chi connectivity index (χ3v) is 10.7. The summed E-state index contributed by atoms with van der Waals surface area (Å²) >= 11 is 6.20. The summed E-state index contributed by atoms with van der Waals surface area (Å²) in [6, 6.07) is 16.2. The van der Waals surface area contributed by atoms with Gasteiger partial charge in [0.15, 0.2) is 0 Å². The summed E-state index contributed by atoms with van der Waals surface area (Å²) in [6.45, 7) is 2.19. The maximum atomic E-state index is 13.5. The van der Waals surface area contributed by atoms with Gasteiger partial charge in [0.1, 0.15) is 5.88 Å². The molecular weight excluding hydrogens is 518 g/mol. The van der Waals surface area contributed by atoms with Crippen molar-refractivity contribution in [2.75, 3.05) is 5.88 Å². The molecule has 2 amide bonds. The minimum Gasteiger partial charge on any atom is -0.356 e. The number of rotatable bonds is 7. The largest absolute Gasteiger partial charge is 0.356 e. The number of benzene rings is 2. The lowest BCUT2D eigenvalue weighted by molar-refractivity contribution is -0.133. The number of amides is 2. The number of hydrogen-bond donors (Lipinski definition) is 2. The molecule has 6 heteroatoms. The van der Waals surface area contributed by atoms with Crippen LogP contribution in [0, 0.1) is 17.8 Å². The number of nitrogens with one attached hydrogen (secondary N) is 2. The van der Waals surface area contributed by atoms with E-state index in [1.165, 1.54) is 30.2 Å². The van der Waals surface area contributed by atoms with Crippen molar-refractivity contribution in [3.8, 4) is 0 Å². The van der Waals surface area contributed by atoms with Gasteiger partial charge in [-0.25, -0.2) is 0 Å². The zero-order chi connectivity index (χ0) is 27.4. The van der Waals surface area contributed by atoms with Gasteiger partial charge in [-0.05, 0) is 98.4 Å². The molecule has 4 saturated carbocycles. The quantitative estimate of drug-likeness (QED) is 0.303. The smallest absolute Gasteiger partial charge is 0.251 e. The van der Waals surface area contributed by atoms with Crippen molar-refractivity contribution in [1.29, 1.82) is 0 Å². The van der Waals surface area contributed by atoms with Gasteiger partial charge in [0.25, 0.3) is 5.91 Å². The topological polar surface area (TPSA) is 65.2 Å². The van der Waals surface area contributed by atoms with E-state index in [-0.39, 0.29) is 35.3 Å². The first-order valence-electron chi connectivity index (χ1n) is 15.4. The van der Waals surface area contributed by atoms with E-state index in [0.717, 1.165) is 79.5 Å². The lowest BCUT2D eigenvalue weighted by atomic mass is 9.53. The predicted molar refractivity (Wildman–Crippen MR) is 160 cm³/mol. The molecule has 5 nitrogen and oxygen atoms in total. The number of alkyl halides is 1. The minimum absolute atomic E-state index is 0.0107. The van der Waals surface area contributed by atoms with E-state index in [2.05, 4.69) is 35.4 Å². The molecule has 4 fully saturated rings. The van der Waals surface area contributed by atoms with Gasteiger partial charge in [0.2, 0.25) is 5.91 Å². The van der Waals surface area contributed by atoms with Crippen molar-refractivity contribution >= 4 is 34.3 Å². The molecule has 1 aliphatic heterocycles. The fourth-order valence-electron chi connectivity index (χ4n) is 9.18. The number of carbonyl (C=O) groups excluding carboxylic acids is 2.